The van der Waals surface area contributed by atoms with E-state index in [0.29, 0.717) is 24.8 Å². The predicted octanol–water partition coefficient (Wildman–Crippen LogP) is 1.69. The van der Waals surface area contributed by atoms with Gasteiger partial charge >= 0.3 is 0 Å². The van der Waals surface area contributed by atoms with Crippen molar-refractivity contribution in [1.29, 1.82) is 0 Å². The van der Waals surface area contributed by atoms with Crippen LogP contribution < -0.4 is 5.48 Å². The fourth-order valence-corrected chi connectivity index (χ4v) is 3.26. The number of carbonyl (C=O) groups excluding carboxylic acids is 1. The van der Waals surface area contributed by atoms with E-state index in [4.69, 9.17) is 9.36 Å². The van der Waals surface area contributed by atoms with Crippen molar-refractivity contribution in [2.75, 3.05) is 20.2 Å². The maximum absolute atomic E-state index is 11.8. The van der Waals surface area contributed by atoms with E-state index in [1.54, 1.807) is 11.3 Å². The Bertz CT molecular complexity index is 613. The molecule has 1 aliphatic rings. The van der Waals surface area contributed by atoms with Crippen LogP contribution in [-0.4, -0.2) is 41.1 Å². The Hall–Kier alpha value is -1.77. The molecule has 1 amide bonds. The number of nitrogens with zero attached hydrogens (tertiary/aromatic N) is 3. The Labute approximate surface area is 132 Å². The minimum Gasteiger partial charge on any atom is -0.338 e. The molecule has 3 heterocycles. The Kier molecular flexibility index (Phi) is 4.81. The molecule has 1 N–H and O–H groups in total. The molecule has 2 aromatic heterocycles. The molecule has 0 aromatic carbocycles. The van der Waals surface area contributed by atoms with Crippen molar-refractivity contribution in [3.05, 3.63) is 23.4 Å². The van der Waals surface area contributed by atoms with Crippen molar-refractivity contribution in [3.63, 3.8) is 0 Å². The highest BCUT2D eigenvalue weighted by molar-refractivity contribution is 7.13. The van der Waals surface area contributed by atoms with Gasteiger partial charge in [0, 0.05) is 6.54 Å². The third kappa shape index (κ3) is 3.52. The van der Waals surface area contributed by atoms with Crippen molar-refractivity contribution in [2.45, 2.75) is 19.4 Å². The van der Waals surface area contributed by atoms with Gasteiger partial charge < -0.3 is 4.52 Å². The van der Waals surface area contributed by atoms with E-state index in [2.05, 4.69) is 20.5 Å². The molecule has 0 spiro atoms. The van der Waals surface area contributed by atoms with Crippen LogP contribution in [0, 0.1) is 5.92 Å². The van der Waals surface area contributed by atoms with Gasteiger partial charge in [-0.3, -0.25) is 14.5 Å². The molecule has 8 heteroatoms. The van der Waals surface area contributed by atoms with Crippen LogP contribution in [0.2, 0.25) is 0 Å². The number of likely N-dealkylation sites (tertiary alicyclic amines) is 1. The lowest BCUT2D eigenvalue weighted by atomic mass is 9.97. The van der Waals surface area contributed by atoms with E-state index in [9.17, 15) is 4.79 Å². The summed E-state index contributed by atoms with van der Waals surface area (Å²) in [7, 11) is 1.45. The van der Waals surface area contributed by atoms with Crippen LogP contribution in [0.15, 0.2) is 22.0 Å². The number of thiophene rings is 1. The normalized spacial score (nSPS) is 19.2. The van der Waals surface area contributed by atoms with Gasteiger partial charge in [-0.25, -0.2) is 5.48 Å². The van der Waals surface area contributed by atoms with E-state index >= 15 is 0 Å². The van der Waals surface area contributed by atoms with Crippen LogP contribution in [-0.2, 0) is 16.2 Å². The third-order valence-corrected chi connectivity index (χ3v) is 4.51. The Morgan fingerprint density at radius 1 is 1.64 bits per heavy atom. The Morgan fingerprint density at radius 2 is 2.55 bits per heavy atom. The molecule has 1 atom stereocenters. The Balaban J connectivity index is 1.60. The van der Waals surface area contributed by atoms with Gasteiger partial charge in [0.2, 0.25) is 17.6 Å². The van der Waals surface area contributed by atoms with Crippen LogP contribution in [0.25, 0.3) is 10.7 Å². The molecular weight excluding hydrogens is 304 g/mol. The van der Waals surface area contributed by atoms with Gasteiger partial charge in [0.1, 0.15) is 0 Å². The monoisotopic (exact) mass is 322 g/mol. The summed E-state index contributed by atoms with van der Waals surface area (Å²) >= 11 is 1.58. The van der Waals surface area contributed by atoms with Gasteiger partial charge in [0.05, 0.1) is 24.4 Å². The zero-order chi connectivity index (χ0) is 15.4. The van der Waals surface area contributed by atoms with Crippen molar-refractivity contribution >= 4 is 17.2 Å². The SMILES string of the molecule is CONC(=O)[C@H]1CCCN(Cc2nc(-c3cccs3)no2)C1. The molecule has 0 unspecified atom stereocenters. The van der Waals surface area contributed by atoms with Crippen molar-refractivity contribution in [3.8, 4) is 10.7 Å². The van der Waals surface area contributed by atoms with Gasteiger partial charge in [0.25, 0.3) is 0 Å². The summed E-state index contributed by atoms with van der Waals surface area (Å²) in [5.41, 5.74) is 2.41. The van der Waals surface area contributed by atoms with E-state index in [0.717, 1.165) is 24.3 Å². The second kappa shape index (κ2) is 6.99. The smallest absolute Gasteiger partial charge is 0.247 e. The van der Waals surface area contributed by atoms with Gasteiger partial charge in [-0.2, -0.15) is 4.98 Å². The number of amides is 1. The van der Waals surface area contributed by atoms with Gasteiger partial charge in [-0.05, 0) is 30.8 Å². The number of nitrogens with one attached hydrogen (secondary N) is 1. The molecule has 7 nitrogen and oxygen atoms in total. The highest BCUT2D eigenvalue weighted by Gasteiger charge is 2.27. The first kappa shape index (κ1) is 15.1. The lowest BCUT2D eigenvalue weighted by Gasteiger charge is -2.30. The van der Waals surface area contributed by atoms with Crippen molar-refractivity contribution < 1.29 is 14.2 Å². The summed E-state index contributed by atoms with van der Waals surface area (Å²) in [6.45, 7) is 2.16. The average molecular weight is 322 g/mol. The largest absolute Gasteiger partial charge is 0.338 e. The van der Waals surface area contributed by atoms with Gasteiger partial charge in [-0.1, -0.05) is 11.2 Å². The first-order valence-electron chi connectivity index (χ1n) is 7.18. The van der Waals surface area contributed by atoms with E-state index in [1.165, 1.54) is 7.11 Å². The second-order valence-electron chi connectivity index (χ2n) is 5.23. The molecule has 0 saturated carbocycles. The molecular formula is C14H18N4O3S. The quantitative estimate of drug-likeness (QED) is 0.844. The van der Waals surface area contributed by atoms with Crippen LogP contribution in [0.3, 0.4) is 0 Å². The highest BCUT2D eigenvalue weighted by atomic mass is 32.1. The minimum absolute atomic E-state index is 0.0617. The number of aromatic nitrogens is 2. The number of hydroxylamine groups is 1. The summed E-state index contributed by atoms with van der Waals surface area (Å²) < 4.78 is 5.31. The Morgan fingerprint density at radius 3 is 3.32 bits per heavy atom. The summed E-state index contributed by atoms with van der Waals surface area (Å²) in [6, 6.07) is 3.92. The zero-order valence-electron chi connectivity index (χ0n) is 12.3. The standard InChI is InChI=1S/C14H18N4O3S/c1-20-17-14(19)10-4-2-6-18(8-10)9-12-15-13(16-21-12)11-5-3-7-22-11/h3,5,7,10H,2,4,6,8-9H2,1H3,(H,17,19)/t10-/m0/s1. The zero-order valence-corrected chi connectivity index (χ0v) is 13.1. The molecule has 1 aliphatic heterocycles. The molecule has 1 fully saturated rings. The second-order valence-corrected chi connectivity index (χ2v) is 6.18. The molecule has 22 heavy (non-hydrogen) atoms. The fraction of sp³-hybridized carbons (Fsp3) is 0.500. The maximum Gasteiger partial charge on any atom is 0.247 e. The molecule has 3 rings (SSSR count). The van der Waals surface area contributed by atoms with E-state index in [-0.39, 0.29) is 11.8 Å². The number of hydrogen-bond donors (Lipinski definition) is 1. The van der Waals surface area contributed by atoms with E-state index < -0.39 is 0 Å². The average Bonchev–Trinajstić information content (AvgIpc) is 3.18. The summed E-state index contributed by atoms with van der Waals surface area (Å²) in [6.07, 6.45) is 1.84. The third-order valence-electron chi connectivity index (χ3n) is 3.65. The van der Waals surface area contributed by atoms with Gasteiger partial charge in [-0.15, -0.1) is 11.3 Å². The summed E-state index contributed by atoms with van der Waals surface area (Å²) in [4.78, 5) is 24.1. The number of piperidine rings is 1. The van der Waals surface area contributed by atoms with Crippen molar-refractivity contribution in [2.24, 2.45) is 5.92 Å². The first-order valence-corrected chi connectivity index (χ1v) is 8.06. The predicted molar refractivity (Wildman–Crippen MR) is 80.8 cm³/mol. The number of rotatable bonds is 5. The lowest BCUT2D eigenvalue weighted by molar-refractivity contribution is -0.137. The van der Waals surface area contributed by atoms with Crippen LogP contribution >= 0.6 is 11.3 Å². The van der Waals surface area contributed by atoms with Crippen LogP contribution in [0.4, 0.5) is 0 Å². The molecule has 0 radical (unpaired) electrons. The highest BCUT2D eigenvalue weighted by Crippen LogP contribution is 2.23. The lowest BCUT2D eigenvalue weighted by Crippen LogP contribution is -2.42. The summed E-state index contributed by atoms with van der Waals surface area (Å²) in [5, 5.41) is 5.99. The topological polar surface area (TPSA) is 80.5 Å². The fourth-order valence-electron chi connectivity index (χ4n) is 2.61. The molecule has 0 aliphatic carbocycles. The minimum atomic E-state index is -0.0722. The molecule has 0 bridgehead atoms. The van der Waals surface area contributed by atoms with Gasteiger partial charge in [0.15, 0.2) is 0 Å². The number of hydrogen-bond acceptors (Lipinski definition) is 7. The molecule has 2 aromatic rings. The molecule has 118 valence electrons. The maximum atomic E-state index is 11.8. The first-order chi connectivity index (χ1) is 10.8. The van der Waals surface area contributed by atoms with E-state index in [1.807, 2.05) is 17.5 Å². The number of carbonyl (C=O) groups is 1. The van der Waals surface area contributed by atoms with Crippen molar-refractivity contribution in [1.82, 2.24) is 20.5 Å². The van der Waals surface area contributed by atoms with Crippen LogP contribution in [0.1, 0.15) is 18.7 Å². The molecule has 1 saturated heterocycles. The summed E-state index contributed by atoms with van der Waals surface area (Å²) in [5.74, 6) is 1.07. The van der Waals surface area contributed by atoms with Crippen LogP contribution in [0.5, 0.6) is 0 Å².